The normalized spacial score (nSPS) is 24.7. The third-order valence-corrected chi connectivity index (χ3v) is 4.26. The van der Waals surface area contributed by atoms with Gasteiger partial charge in [-0.3, -0.25) is 0 Å². The zero-order valence-corrected chi connectivity index (χ0v) is 17.2. The molecular formula is C16H21KN2O4. The molecule has 1 aromatic rings. The molecule has 0 aromatic heterocycles. The maximum absolute atomic E-state index is 12.5. The van der Waals surface area contributed by atoms with Crippen molar-refractivity contribution in [2.24, 2.45) is 0 Å². The van der Waals surface area contributed by atoms with Gasteiger partial charge in [0.05, 0.1) is 23.7 Å². The minimum atomic E-state index is -1.36. The van der Waals surface area contributed by atoms with Crippen LogP contribution in [-0.4, -0.2) is 42.2 Å². The van der Waals surface area contributed by atoms with Crippen LogP contribution in [0, 0.1) is 0 Å². The molecule has 3 unspecified atom stereocenters. The van der Waals surface area contributed by atoms with E-state index >= 15 is 0 Å². The second kappa shape index (κ2) is 8.59. The summed E-state index contributed by atoms with van der Waals surface area (Å²) in [6, 6.07) is 8.84. The van der Waals surface area contributed by atoms with Crippen molar-refractivity contribution in [1.29, 1.82) is 0 Å². The summed E-state index contributed by atoms with van der Waals surface area (Å²) < 4.78 is 5.21. The van der Waals surface area contributed by atoms with Crippen molar-refractivity contribution in [3.05, 3.63) is 35.9 Å². The monoisotopic (exact) mass is 344 g/mol. The first kappa shape index (κ1) is 20.6. The summed E-state index contributed by atoms with van der Waals surface area (Å²) in [5.41, 5.74) is -0.408. The fraction of sp³-hybridized carbons (Fsp3) is 0.500. The minimum Gasteiger partial charge on any atom is -0.548 e. The fourth-order valence-electron chi connectivity index (χ4n) is 2.77. The first-order chi connectivity index (χ1) is 10.4. The number of nitrogens with zero attached hydrogens (tertiary/aromatic N) is 1. The van der Waals surface area contributed by atoms with Crippen molar-refractivity contribution in [2.75, 3.05) is 13.7 Å². The smallest absolute Gasteiger partial charge is 0.548 e. The maximum atomic E-state index is 12.5. The summed E-state index contributed by atoms with van der Waals surface area (Å²) in [7, 11) is 1.51. The molecule has 1 aliphatic heterocycles. The summed E-state index contributed by atoms with van der Waals surface area (Å²) in [4.78, 5) is 25.2. The molecule has 0 radical (unpaired) electrons. The molecule has 3 atom stereocenters. The number of carboxylic acid groups (broad SMARTS) is 1. The van der Waals surface area contributed by atoms with E-state index in [2.05, 4.69) is 5.32 Å². The molecule has 2 amide bonds. The topological polar surface area (TPSA) is 81.7 Å². The third kappa shape index (κ3) is 4.55. The van der Waals surface area contributed by atoms with Crippen LogP contribution in [0.25, 0.3) is 0 Å². The number of rotatable bonds is 4. The van der Waals surface area contributed by atoms with Crippen LogP contribution in [0.5, 0.6) is 0 Å². The largest absolute Gasteiger partial charge is 1.00 e. The number of nitrogens with one attached hydrogen (secondary N) is 1. The molecule has 2 rings (SSSR count). The minimum absolute atomic E-state index is 0. The van der Waals surface area contributed by atoms with Gasteiger partial charge in [0.1, 0.15) is 0 Å². The van der Waals surface area contributed by atoms with Gasteiger partial charge < -0.3 is 24.9 Å². The molecule has 7 heteroatoms. The fourth-order valence-corrected chi connectivity index (χ4v) is 2.77. The Morgan fingerprint density at radius 2 is 2.00 bits per heavy atom. The zero-order chi connectivity index (χ0) is 16.3. The maximum Gasteiger partial charge on any atom is 1.00 e. The molecule has 6 nitrogen and oxygen atoms in total. The van der Waals surface area contributed by atoms with Crippen LogP contribution in [0.3, 0.4) is 0 Å². The number of urea groups is 1. The molecule has 0 saturated carbocycles. The number of amides is 2. The van der Waals surface area contributed by atoms with Crippen LogP contribution in [0.2, 0.25) is 0 Å². The van der Waals surface area contributed by atoms with Crippen LogP contribution in [0.1, 0.15) is 31.9 Å². The van der Waals surface area contributed by atoms with E-state index in [1.54, 1.807) is 0 Å². The van der Waals surface area contributed by atoms with Crippen LogP contribution in [0.4, 0.5) is 4.79 Å². The van der Waals surface area contributed by atoms with Gasteiger partial charge in [-0.25, -0.2) is 4.79 Å². The van der Waals surface area contributed by atoms with E-state index in [1.165, 1.54) is 18.9 Å². The Labute approximate surface area is 179 Å². The van der Waals surface area contributed by atoms with Gasteiger partial charge in [0.15, 0.2) is 0 Å². The van der Waals surface area contributed by atoms with Crippen molar-refractivity contribution >= 4 is 12.0 Å². The second-order valence-corrected chi connectivity index (χ2v) is 5.82. The molecule has 1 fully saturated rings. The number of aliphatic carboxylic acids is 1. The summed E-state index contributed by atoms with van der Waals surface area (Å²) in [5, 5.41) is 14.3. The van der Waals surface area contributed by atoms with E-state index in [4.69, 9.17) is 4.74 Å². The van der Waals surface area contributed by atoms with Crippen LogP contribution < -0.4 is 61.8 Å². The van der Waals surface area contributed by atoms with E-state index in [-0.39, 0.29) is 76.5 Å². The van der Waals surface area contributed by atoms with E-state index in [1.807, 2.05) is 37.3 Å². The van der Waals surface area contributed by atoms with Gasteiger partial charge in [-0.05, 0) is 19.4 Å². The Morgan fingerprint density at radius 1 is 1.39 bits per heavy atom. The Kier molecular flexibility index (Phi) is 7.70. The van der Waals surface area contributed by atoms with Crippen molar-refractivity contribution in [3.63, 3.8) is 0 Å². The number of carbonyl (C=O) groups is 2. The molecule has 1 aromatic carbocycles. The molecule has 0 aliphatic carbocycles. The number of methoxy groups -OCH3 is 1. The molecule has 0 spiro atoms. The number of hydrogen-bond acceptors (Lipinski definition) is 4. The van der Waals surface area contributed by atoms with Gasteiger partial charge >= 0.3 is 57.4 Å². The number of likely N-dealkylation sites (tertiary alicyclic amines) is 1. The van der Waals surface area contributed by atoms with Gasteiger partial charge in [-0.2, -0.15) is 0 Å². The Balaban J connectivity index is 0.00000264. The van der Waals surface area contributed by atoms with Gasteiger partial charge in [-0.15, -0.1) is 0 Å². The summed E-state index contributed by atoms with van der Waals surface area (Å²) in [6.45, 7) is 3.58. The number of hydrogen-bond donors (Lipinski definition) is 1. The Hall–Kier alpha value is -0.444. The van der Waals surface area contributed by atoms with E-state index < -0.39 is 17.5 Å². The number of benzene rings is 1. The summed E-state index contributed by atoms with van der Waals surface area (Å²) in [5.74, 6) is -1.27. The molecule has 120 valence electrons. The molecule has 23 heavy (non-hydrogen) atoms. The average Bonchev–Trinajstić information content (AvgIpc) is 2.87. The van der Waals surface area contributed by atoms with Crippen molar-refractivity contribution in [2.45, 2.75) is 38.0 Å². The average molecular weight is 344 g/mol. The quantitative estimate of drug-likeness (QED) is 0.623. The zero-order valence-electron chi connectivity index (χ0n) is 14.0. The first-order valence-electron chi connectivity index (χ1n) is 7.26. The molecule has 1 N–H and O–H groups in total. The number of ether oxygens (including phenoxy) is 1. The van der Waals surface area contributed by atoms with Gasteiger partial charge in [0.25, 0.3) is 0 Å². The molecule has 1 aliphatic rings. The van der Waals surface area contributed by atoms with Crippen molar-refractivity contribution < 1.29 is 70.8 Å². The first-order valence-corrected chi connectivity index (χ1v) is 7.26. The van der Waals surface area contributed by atoms with Gasteiger partial charge in [-0.1, -0.05) is 30.3 Å². The van der Waals surface area contributed by atoms with Crippen molar-refractivity contribution in [1.82, 2.24) is 10.2 Å². The molecule has 0 bridgehead atoms. The Morgan fingerprint density at radius 3 is 2.52 bits per heavy atom. The van der Waals surface area contributed by atoms with E-state index in [9.17, 15) is 14.7 Å². The van der Waals surface area contributed by atoms with Gasteiger partial charge in [0, 0.05) is 20.1 Å². The predicted octanol–water partition coefficient (Wildman–Crippen LogP) is -2.31. The summed E-state index contributed by atoms with van der Waals surface area (Å²) >= 11 is 0. The third-order valence-electron chi connectivity index (χ3n) is 4.26. The number of carboxylic acids is 1. The van der Waals surface area contributed by atoms with E-state index in [0.717, 1.165) is 5.56 Å². The van der Waals surface area contributed by atoms with Crippen molar-refractivity contribution in [3.8, 4) is 0 Å². The van der Waals surface area contributed by atoms with Crippen LogP contribution in [0.15, 0.2) is 30.3 Å². The van der Waals surface area contributed by atoms with Gasteiger partial charge in [0.2, 0.25) is 0 Å². The second-order valence-electron chi connectivity index (χ2n) is 5.82. The molecular weight excluding hydrogens is 323 g/mol. The SMILES string of the molecule is COC1CN(C(=O)NC(C)c2ccccc2)C(C)(C(=O)[O-])C1.[K+]. The predicted molar refractivity (Wildman–Crippen MR) is 78.9 cm³/mol. The standard InChI is InChI=1S/C16H22N2O4.K/c1-11(12-7-5-4-6-8-12)17-15(21)18-10-13(22-3)9-16(18,2)14(19)20;/h4-8,11,13H,9-10H2,1-3H3,(H,17,21)(H,19,20);/q;+1/p-1. The van der Waals surface area contributed by atoms with E-state index in [0.29, 0.717) is 0 Å². The van der Waals surface area contributed by atoms with Crippen LogP contribution in [-0.2, 0) is 9.53 Å². The number of carbonyl (C=O) groups excluding carboxylic acids is 2. The van der Waals surface area contributed by atoms with Crippen LogP contribution >= 0.6 is 0 Å². The molecule has 1 heterocycles. The summed E-state index contributed by atoms with van der Waals surface area (Å²) in [6.07, 6.45) is -0.0837. The Bertz CT molecular complexity index is 554. The molecule has 1 saturated heterocycles.